The van der Waals surface area contributed by atoms with Crippen molar-refractivity contribution in [2.45, 2.75) is 49.9 Å². The number of aliphatic hydroxyl groups is 1. The number of imide groups is 1. The molecule has 31 heavy (non-hydrogen) atoms. The average Bonchev–Trinajstić information content (AvgIpc) is 3.32. The molecule has 4 aliphatic rings. The van der Waals surface area contributed by atoms with Gasteiger partial charge >= 0.3 is 0 Å². The number of carbonyl (C=O) groups is 3. The molecule has 166 valence electrons. The normalized spacial score (nSPS) is 28.5. The zero-order chi connectivity index (χ0) is 21.6. The van der Waals surface area contributed by atoms with Crippen LogP contribution in [-0.4, -0.2) is 104 Å². The predicted octanol–water partition coefficient (Wildman–Crippen LogP) is -0.547. The van der Waals surface area contributed by atoms with E-state index in [1.165, 1.54) is 4.90 Å². The van der Waals surface area contributed by atoms with Gasteiger partial charge in [-0.05, 0) is 31.4 Å². The number of aliphatic hydroxyl groups excluding tert-OH is 1. The summed E-state index contributed by atoms with van der Waals surface area (Å²) in [6, 6.07) is 5.34. The lowest BCUT2D eigenvalue weighted by Gasteiger charge is -2.58. The van der Waals surface area contributed by atoms with Crippen molar-refractivity contribution in [2.75, 3.05) is 39.3 Å². The van der Waals surface area contributed by atoms with Crippen molar-refractivity contribution in [3.63, 3.8) is 0 Å². The van der Waals surface area contributed by atoms with Crippen LogP contribution in [0.1, 0.15) is 31.4 Å². The second-order valence-corrected chi connectivity index (χ2v) is 9.19. The minimum absolute atomic E-state index is 0.155. The molecule has 5 rings (SSSR count). The highest BCUT2D eigenvalue weighted by Gasteiger charge is 2.64. The second kappa shape index (κ2) is 7.96. The van der Waals surface area contributed by atoms with Gasteiger partial charge in [-0.3, -0.25) is 34.1 Å². The molecule has 0 radical (unpaired) electrons. The molecule has 3 amide bonds. The third kappa shape index (κ3) is 3.54. The molecule has 0 aromatic carbocycles. The van der Waals surface area contributed by atoms with Crippen molar-refractivity contribution >= 4 is 17.7 Å². The molecule has 0 aliphatic carbocycles. The Kier molecular flexibility index (Phi) is 5.27. The van der Waals surface area contributed by atoms with Gasteiger partial charge in [0.15, 0.2) is 0 Å². The van der Waals surface area contributed by atoms with Crippen molar-refractivity contribution < 1.29 is 19.5 Å². The van der Waals surface area contributed by atoms with E-state index in [0.29, 0.717) is 58.5 Å². The third-order valence-corrected chi connectivity index (χ3v) is 7.09. The Hall–Kier alpha value is -2.36. The van der Waals surface area contributed by atoms with Crippen molar-refractivity contribution in [1.82, 2.24) is 24.6 Å². The van der Waals surface area contributed by atoms with Crippen LogP contribution in [0.15, 0.2) is 24.4 Å². The summed E-state index contributed by atoms with van der Waals surface area (Å²) in [5.74, 6) is -0.210. The van der Waals surface area contributed by atoms with E-state index in [9.17, 15) is 19.5 Å². The molecule has 9 heteroatoms. The molecular formula is C22H29N5O4. The summed E-state index contributed by atoms with van der Waals surface area (Å²) in [6.07, 6.45) is 3.60. The number of piperazine rings is 1. The van der Waals surface area contributed by atoms with Gasteiger partial charge < -0.3 is 10.0 Å². The number of nitrogens with zero attached hydrogens (tertiary/aromatic N) is 5. The zero-order valence-corrected chi connectivity index (χ0v) is 17.7. The first-order valence-corrected chi connectivity index (χ1v) is 11.2. The molecule has 4 saturated heterocycles. The maximum absolute atomic E-state index is 13.5. The van der Waals surface area contributed by atoms with Crippen molar-refractivity contribution in [3.8, 4) is 0 Å². The van der Waals surface area contributed by atoms with E-state index in [-0.39, 0.29) is 17.7 Å². The number of β-amino-alcohol motifs (C(OH)–C–C–N with tert-alkyl or cyclic N) is 1. The second-order valence-electron chi connectivity index (χ2n) is 9.19. The van der Waals surface area contributed by atoms with Gasteiger partial charge in [0.1, 0.15) is 5.54 Å². The zero-order valence-electron chi connectivity index (χ0n) is 17.7. The van der Waals surface area contributed by atoms with Crippen molar-refractivity contribution in [3.05, 3.63) is 30.1 Å². The fourth-order valence-electron chi connectivity index (χ4n) is 5.59. The molecule has 2 atom stereocenters. The lowest BCUT2D eigenvalue weighted by molar-refractivity contribution is -0.180. The van der Waals surface area contributed by atoms with Crippen LogP contribution in [0.3, 0.4) is 0 Å². The fraction of sp³-hybridized carbons (Fsp3) is 0.636. The van der Waals surface area contributed by atoms with Gasteiger partial charge in [0.05, 0.1) is 17.8 Å². The minimum Gasteiger partial charge on any atom is -0.392 e. The quantitative estimate of drug-likeness (QED) is 0.609. The van der Waals surface area contributed by atoms with E-state index >= 15 is 0 Å². The summed E-state index contributed by atoms with van der Waals surface area (Å²) in [7, 11) is 0. The Morgan fingerprint density at radius 2 is 2.00 bits per heavy atom. The summed E-state index contributed by atoms with van der Waals surface area (Å²) in [6.45, 7) is 3.73. The van der Waals surface area contributed by atoms with Crippen molar-refractivity contribution in [1.29, 1.82) is 0 Å². The van der Waals surface area contributed by atoms with Gasteiger partial charge in [-0.25, -0.2) is 0 Å². The number of hydrogen-bond donors (Lipinski definition) is 1. The largest absolute Gasteiger partial charge is 0.392 e. The van der Waals surface area contributed by atoms with Crippen LogP contribution < -0.4 is 0 Å². The van der Waals surface area contributed by atoms with Gasteiger partial charge in [-0.1, -0.05) is 6.07 Å². The van der Waals surface area contributed by atoms with Gasteiger partial charge in [0.25, 0.3) is 5.91 Å². The van der Waals surface area contributed by atoms with Crippen molar-refractivity contribution in [2.24, 2.45) is 0 Å². The predicted molar refractivity (Wildman–Crippen MR) is 111 cm³/mol. The Balaban J connectivity index is 1.28. The van der Waals surface area contributed by atoms with E-state index < -0.39 is 17.7 Å². The minimum atomic E-state index is -0.756. The van der Waals surface area contributed by atoms with Gasteiger partial charge in [-0.15, -0.1) is 0 Å². The highest BCUT2D eigenvalue weighted by Crippen LogP contribution is 2.40. The molecule has 1 aromatic rings. The maximum atomic E-state index is 13.5. The standard InChI is InChI=1S/C22H29N5O4/c28-17-11-18-20(30)26(10-4-9-25-8-3-6-19(25)29)21(31)22(27(18)13-17)14-24(15-22)12-16-5-1-2-7-23-16/h1-2,5,7,17-18,28H,3-4,6,8-15H2. The molecule has 2 unspecified atom stereocenters. The van der Waals surface area contributed by atoms with E-state index in [2.05, 4.69) is 9.88 Å². The summed E-state index contributed by atoms with van der Waals surface area (Å²) >= 11 is 0. The number of amides is 3. The molecule has 1 N–H and O–H groups in total. The molecule has 4 aliphatic heterocycles. The summed E-state index contributed by atoms with van der Waals surface area (Å²) in [5.41, 5.74) is 0.190. The van der Waals surface area contributed by atoms with Crippen LogP contribution in [0, 0.1) is 0 Å². The number of carbonyl (C=O) groups excluding carboxylic acids is 3. The van der Waals surface area contributed by atoms with E-state index in [1.54, 1.807) is 6.20 Å². The Morgan fingerprint density at radius 3 is 2.71 bits per heavy atom. The smallest absolute Gasteiger partial charge is 0.252 e. The number of hydrogen-bond acceptors (Lipinski definition) is 7. The fourth-order valence-corrected chi connectivity index (χ4v) is 5.59. The van der Waals surface area contributed by atoms with Gasteiger partial charge in [0.2, 0.25) is 11.8 Å². The first-order valence-electron chi connectivity index (χ1n) is 11.2. The number of aromatic nitrogens is 1. The molecule has 1 aromatic heterocycles. The summed E-state index contributed by atoms with van der Waals surface area (Å²) in [5, 5.41) is 10.3. The molecular weight excluding hydrogens is 398 g/mol. The Morgan fingerprint density at radius 1 is 1.16 bits per heavy atom. The average molecular weight is 428 g/mol. The van der Waals surface area contributed by atoms with Crippen LogP contribution in [0.4, 0.5) is 0 Å². The number of rotatable bonds is 6. The first-order chi connectivity index (χ1) is 15.0. The van der Waals surface area contributed by atoms with Crippen LogP contribution in [0.5, 0.6) is 0 Å². The third-order valence-electron chi connectivity index (χ3n) is 7.09. The van der Waals surface area contributed by atoms with Crippen LogP contribution in [-0.2, 0) is 20.9 Å². The Bertz CT molecular complexity index is 872. The topological polar surface area (TPSA) is 97.3 Å². The highest BCUT2D eigenvalue weighted by atomic mass is 16.3. The van der Waals surface area contributed by atoms with Crippen LogP contribution >= 0.6 is 0 Å². The van der Waals surface area contributed by atoms with Gasteiger partial charge in [-0.2, -0.15) is 0 Å². The maximum Gasteiger partial charge on any atom is 0.252 e. The SMILES string of the molecule is O=C1CCCN1CCCN1C(=O)C2CC(O)CN2C2(CN(Cc3ccccn3)C2)C1=O. The molecule has 5 heterocycles. The van der Waals surface area contributed by atoms with E-state index in [0.717, 1.165) is 18.7 Å². The number of likely N-dealkylation sites (tertiary alicyclic amines) is 2. The Labute approximate surface area is 181 Å². The monoisotopic (exact) mass is 427 g/mol. The van der Waals surface area contributed by atoms with E-state index in [4.69, 9.17) is 0 Å². The highest BCUT2D eigenvalue weighted by molar-refractivity contribution is 6.06. The van der Waals surface area contributed by atoms with Gasteiger partial charge in [0, 0.05) is 58.4 Å². The summed E-state index contributed by atoms with van der Waals surface area (Å²) in [4.78, 5) is 50.2. The van der Waals surface area contributed by atoms with E-state index in [1.807, 2.05) is 28.0 Å². The number of pyridine rings is 1. The molecule has 0 saturated carbocycles. The molecule has 0 bridgehead atoms. The molecule has 4 fully saturated rings. The molecule has 9 nitrogen and oxygen atoms in total. The lowest BCUT2D eigenvalue weighted by Crippen LogP contribution is -2.81. The van der Waals surface area contributed by atoms with Crippen LogP contribution in [0.2, 0.25) is 0 Å². The number of fused-ring (bicyclic) bond motifs is 2. The molecule has 1 spiro atoms. The lowest BCUT2D eigenvalue weighted by atomic mass is 9.82. The van der Waals surface area contributed by atoms with Crippen LogP contribution in [0.25, 0.3) is 0 Å². The first kappa shape index (κ1) is 20.5. The summed E-state index contributed by atoms with van der Waals surface area (Å²) < 4.78 is 0.